The van der Waals surface area contributed by atoms with E-state index in [1.807, 2.05) is 6.07 Å². The van der Waals surface area contributed by atoms with Crippen molar-refractivity contribution in [1.29, 1.82) is 5.26 Å². The van der Waals surface area contributed by atoms with Crippen molar-refractivity contribution in [2.24, 2.45) is 0 Å². The molecule has 1 aliphatic heterocycles. The van der Waals surface area contributed by atoms with E-state index in [9.17, 15) is 13.2 Å². The lowest BCUT2D eigenvalue weighted by Gasteiger charge is -2.22. The first-order valence-corrected chi connectivity index (χ1v) is 8.61. The lowest BCUT2D eigenvalue weighted by molar-refractivity contribution is -0.146. The molecule has 22 heavy (non-hydrogen) atoms. The molecule has 0 N–H and O–H groups in total. The van der Waals surface area contributed by atoms with Gasteiger partial charge >= 0.3 is 5.97 Å². The van der Waals surface area contributed by atoms with Gasteiger partial charge in [-0.15, -0.1) is 0 Å². The third-order valence-electron chi connectivity index (χ3n) is 3.43. The van der Waals surface area contributed by atoms with Crippen LogP contribution < -0.4 is 0 Å². The SMILES string of the molecule is CCOC(=O)[C@H]1CCCN1S(=O)(=O)c1ccc(C#N)c(Cl)c1. The average molecular weight is 343 g/mol. The minimum atomic E-state index is -3.86. The van der Waals surface area contributed by atoms with Gasteiger partial charge in [-0.2, -0.15) is 9.57 Å². The number of esters is 1. The summed E-state index contributed by atoms with van der Waals surface area (Å²) in [5, 5.41) is 8.91. The number of halogens is 1. The molecule has 6 nitrogen and oxygen atoms in total. The van der Waals surface area contributed by atoms with E-state index in [4.69, 9.17) is 21.6 Å². The van der Waals surface area contributed by atoms with Crippen molar-refractivity contribution in [3.63, 3.8) is 0 Å². The average Bonchev–Trinajstić information content (AvgIpc) is 2.97. The van der Waals surface area contributed by atoms with E-state index >= 15 is 0 Å². The molecule has 0 radical (unpaired) electrons. The highest BCUT2D eigenvalue weighted by molar-refractivity contribution is 7.89. The topological polar surface area (TPSA) is 87.5 Å². The molecule has 1 aromatic carbocycles. The zero-order chi connectivity index (χ0) is 16.3. The van der Waals surface area contributed by atoms with Gasteiger partial charge in [0.25, 0.3) is 0 Å². The van der Waals surface area contributed by atoms with E-state index in [0.717, 1.165) is 4.31 Å². The lowest BCUT2D eigenvalue weighted by Crippen LogP contribution is -2.41. The van der Waals surface area contributed by atoms with Crippen molar-refractivity contribution >= 4 is 27.6 Å². The number of carbonyl (C=O) groups excluding carboxylic acids is 1. The maximum atomic E-state index is 12.7. The minimum Gasteiger partial charge on any atom is -0.465 e. The second-order valence-electron chi connectivity index (χ2n) is 4.78. The van der Waals surface area contributed by atoms with Crippen LogP contribution in [-0.4, -0.2) is 37.9 Å². The number of carbonyl (C=O) groups is 1. The summed E-state index contributed by atoms with van der Waals surface area (Å²) < 4.78 is 31.4. The van der Waals surface area contributed by atoms with Gasteiger partial charge in [-0.1, -0.05) is 11.6 Å². The number of sulfonamides is 1. The van der Waals surface area contributed by atoms with E-state index in [-0.39, 0.29) is 28.6 Å². The van der Waals surface area contributed by atoms with Gasteiger partial charge in [-0.05, 0) is 38.0 Å². The Bertz CT molecular complexity index is 727. The predicted molar refractivity (Wildman–Crippen MR) is 79.7 cm³/mol. The number of hydrogen-bond donors (Lipinski definition) is 0. The van der Waals surface area contributed by atoms with E-state index < -0.39 is 22.0 Å². The Morgan fingerprint density at radius 2 is 2.27 bits per heavy atom. The summed E-state index contributed by atoms with van der Waals surface area (Å²) in [5.41, 5.74) is 0.198. The molecule has 1 aliphatic rings. The van der Waals surface area contributed by atoms with Gasteiger partial charge in [0.05, 0.1) is 22.1 Å². The van der Waals surface area contributed by atoms with E-state index in [1.54, 1.807) is 6.92 Å². The fourth-order valence-corrected chi connectivity index (χ4v) is 4.35. The Hall–Kier alpha value is -1.62. The summed E-state index contributed by atoms with van der Waals surface area (Å²) >= 11 is 5.89. The number of ether oxygens (including phenoxy) is 1. The Morgan fingerprint density at radius 1 is 1.55 bits per heavy atom. The van der Waals surface area contributed by atoms with E-state index in [2.05, 4.69) is 0 Å². The summed E-state index contributed by atoms with van der Waals surface area (Å²) in [4.78, 5) is 11.9. The molecule has 118 valence electrons. The Morgan fingerprint density at radius 3 is 2.86 bits per heavy atom. The van der Waals surface area contributed by atoms with Crippen molar-refractivity contribution in [2.45, 2.75) is 30.7 Å². The van der Waals surface area contributed by atoms with Crippen LogP contribution in [0.4, 0.5) is 0 Å². The van der Waals surface area contributed by atoms with Crippen LogP contribution >= 0.6 is 11.6 Å². The van der Waals surface area contributed by atoms with Crippen LogP contribution in [0.5, 0.6) is 0 Å². The quantitative estimate of drug-likeness (QED) is 0.780. The Labute approximate surface area is 134 Å². The first-order valence-electron chi connectivity index (χ1n) is 6.80. The summed E-state index contributed by atoms with van der Waals surface area (Å²) in [6.07, 6.45) is 1.02. The number of rotatable bonds is 4. The molecule has 1 heterocycles. The molecule has 2 rings (SSSR count). The highest BCUT2D eigenvalue weighted by Gasteiger charge is 2.40. The monoisotopic (exact) mass is 342 g/mol. The highest BCUT2D eigenvalue weighted by Crippen LogP contribution is 2.29. The first-order chi connectivity index (χ1) is 10.4. The molecule has 0 aliphatic carbocycles. The van der Waals surface area contributed by atoms with E-state index in [0.29, 0.717) is 12.8 Å². The Balaban J connectivity index is 2.35. The van der Waals surface area contributed by atoms with Crippen molar-refractivity contribution < 1.29 is 17.9 Å². The van der Waals surface area contributed by atoms with Gasteiger partial charge in [0, 0.05) is 6.54 Å². The van der Waals surface area contributed by atoms with E-state index in [1.165, 1.54) is 18.2 Å². The second kappa shape index (κ2) is 6.65. The van der Waals surface area contributed by atoms with Crippen LogP contribution in [0.15, 0.2) is 23.1 Å². The van der Waals surface area contributed by atoms with Crippen molar-refractivity contribution in [3.8, 4) is 6.07 Å². The van der Waals surface area contributed by atoms with Crippen LogP contribution in [-0.2, 0) is 19.6 Å². The van der Waals surface area contributed by atoms with Crippen molar-refractivity contribution in [2.75, 3.05) is 13.2 Å². The van der Waals surface area contributed by atoms with Crippen molar-refractivity contribution in [1.82, 2.24) is 4.31 Å². The van der Waals surface area contributed by atoms with Crippen LogP contribution in [0.2, 0.25) is 5.02 Å². The first kappa shape index (κ1) is 16.7. The molecule has 0 aromatic heterocycles. The molecule has 0 spiro atoms. The molecule has 0 unspecified atom stereocenters. The van der Waals surface area contributed by atoms with Crippen LogP contribution in [0.25, 0.3) is 0 Å². The summed E-state index contributed by atoms with van der Waals surface area (Å²) in [6.45, 7) is 2.13. The number of hydrogen-bond acceptors (Lipinski definition) is 5. The largest absolute Gasteiger partial charge is 0.465 e. The highest BCUT2D eigenvalue weighted by atomic mass is 35.5. The number of benzene rings is 1. The second-order valence-corrected chi connectivity index (χ2v) is 7.08. The molecule has 1 fully saturated rings. The van der Waals surface area contributed by atoms with Gasteiger partial charge < -0.3 is 4.74 Å². The Kier molecular flexibility index (Phi) is 5.06. The molecular weight excluding hydrogens is 328 g/mol. The van der Waals surface area contributed by atoms with Gasteiger partial charge in [0.2, 0.25) is 10.0 Å². The molecule has 1 saturated heterocycles. The number of nitriles is 1. The predicted octanol–water partition coefficient (Wildman–Crippen LogP) is 1.93. The molecule has 1 atom stereocenters. The fourth-order valence-electron chi connectivity index (χ4n) is 2.38. The standard InChI is InChI=1S/C14H15ClN2O4S/c1-2-21-14(18)13-4-3-7-17(13)22(19,20)11-6-5-10(9-16)12(15)8-11/h5-6,8,13H,2-4,7H2,1H3/t13-/m1/s1. The molecule has 1 aromatic rings. The molecule has 0 bridgehead atoms. The van der Waals surface area contributed by atoms with Crippen LogP contribution in [0, 0.1) is 11.3 Å². The smallest absolute Gasteiger partial charge is 0.324 e. The van der Waals surface area contributed by atoms with Crippen LogP contribution in [0.1, 0.15) is 25.3 Å². The summed E-state index contributed by atoms with van der Waals surface area (Å²) in [5.74, 6) is -0.539. The summed E-state index contributed by atoms with van der Waals surface area (Å²) in [6, 6.07) is 4.97. The minimum absolute atomic E-state index is 0.0345. The lowest BCUT2D eigenvalue weighted by atomic mass is 10.2. The molecule has 0 saturated carbocycles. The van der Waals surface area contributed by atoms with Gasteiger partial charge in [0.15, 0.2) is 0 Å². The number of nitrogens with zero attached hydrogens (tertiary/aromatic N) is 2. The summed E-state index contributed by atoms with van der Waals surface area (Å²) in [7, 11) is -3.86. The maximum absolute atomic E-state index is 12.7. The van der Waals surface area contributed by atoms with Gasteiger partial charge in [-0.25, -0.2) is 8.42 Å². The zero-order valence-electron chi connectivity index (χ0n) is 12.0. The van der Waals surface area contributed by atoms with Crippen LogP contribution in [0.3, 0.4) is 0 Å². The molecule has 8 heteroatoms. The van der Waals surface area contributed by atoms with Crippen molar-refractivity contribution in [3.05, 3.63) is 28.8 Å². The molecule has 0 amide bonds. The van der Waals surface area contributed by atoms with Gasteiger partial charge in [0.1, 0.15) is 12.1 Å². The third-order valence-corrected chi connectivity index (χ3v) is 5.65. The third kappa shape index (κ3) is 3.09. The van der Waals surface area contributed by atoms with Gasteiger partial charge in [-0.3, -0.25) is 4.79 Å². The zero-order valence-corrected chi connectivity index (χ0v) is 13.5. The molecular formula is C14H15ClN2O4S. The fraction of sp³-hybridized carbons (Fsp3) is 0.429. The normalized spacial score (nSPS) is 18.9. The maximum Gasteiger partial charge on any atom is 0.324 e.